The standard InChI is InChI=1S/C19H34BNO4/c1-14-13-21(16(22)23-17(2,3)4)12-10-15(14)9-11-20-24-18(5,6)19(7,8)25-20/h9,11,14-15H,10,12-13H2,1-8H3/b11-9+. The Morgan fingerprint density at radius 1 is 1.20 bits per heavy atom. The Balaban J connectivity index is 1.89. The highest BCUT2D eigenvalue weighted by molar-refractivity contribution is 6.51. The van der Waals surface area contributed by atoms with Crippen LogP contribution in [0.1, 0.15) is 61.8 Å². The van der Waals surface area contributed by atoms with Gasteiger partial charge in [-0.1, -0.05) is 19.0 Å². The van der Waals surface area contributed by atoms with Gasteiger partial charge in [0.1, 0.15) is 5.60 Å². The summed E-state index contributed by atoms with van der Waals surface area (Å²) in [6, 6.07) is 0. The maximum absolute atomic E-state index is 12.2. The number of carbonyl (C=O) groups excluding carboxylic acids is 1. The first-order valence-electron chi connectivity index (χ1n) is 9.33. The van der Waals surface area contributed by atoms with E-state index in [1.54, 1.807) is 0 Å². The summed E-state index contributed by atoms with van der Waals surface area (Å²) in [5.41, 5.74) is -1.07. The molecule has 2 atom stereocenters. The predicted molar refractivity (Wildman–Crippen MR) is 100 cm³/mol. The van der Waals surface area contributed by atoms with Crippen molar-refractivity contribution in [2.45, 2.75) is 78.6 Å². The van der Waals surface area contributed by atoms with E-state index < -0.39 is 5.60 Å². The molecular formula is C19H34BNO4. The molecular weight excluding hydrogens is 317 g/mol. The van der Waals surface area contributed by atoms with E-state index >= 15 is 0 Å². The summed E-state index contributed by atoms with van der Waals surface area (Å²) in [6.45, 7) is 17.5. The monoisotopic (exact) mass is 351 g/mol. The quantitative estimate of drug-likeness (QED) is 0.704. The van der Waals surface area contributed by atoms with Gasteiger partial charge >= 0.3 is 13.2 Å². The highest BCUT2D eigenvalue weighted by atomic mass is 16.7. The van der Waals surface area contributed by atoms with Crippen LogP contribution in [0.15, 0.2) is 12.1 Å². The average Bonchev–Trinajstić information content (AvgIpc) is 2.63. The Morgan fingerprint density at radius 2 is 1.76 bits per heavy atom. The number of allylic oxidation sites excluding steroid dienone is 1. The van der Waals surface area contributed by atoms with Crippen molar-refractivity contribution >= 4 is 13.2 Å². The molecule has 0 spiro atoms. The number of nitrogens with zero attached hydrogens (tertiary/aromatic N) is 1. The third-order valence-corrected chi connectivity index (χ3v) is 5.41. The van der Waals surface area contributed by atoms with Crippen LogP contribution in [0.2, 0.25) is 0 Å². The second kappa shape index (κ2) is 6.95. The van der Waals surface area contributed by atoms with E-state index in [9.17, 15) is 4.79 Å². The second-order valence-electron chi connectivity index (χ2n) is 9.37. The third kappa shape index (κ3) is 5.01. The normalized spacial score (nSPS) is 29.3. The molecule has 0 aromatic carbocycles. The maximum Gasteiger partial charge on any atom is 0.486 e. The first kappa shape index (κ1) is 20.3. The van der Waals surface area contributed by atoms with Crippen molar-refractivity contribution in [3.63, 3.8) is 0 Å². The first-order valence-corrected chi connectivity index (χ1v) is 9.33. The minimum atomic E-state index is -0.451. The fourth-order valence-corrected chi connectivity index (χ4v) is 3.14. The molecule has 5 nitrogen and oxygen atoms in total. The number of ether oxygens (including phenoxy) is 1. The van der Waals surface area contributed by atoms with Gasteiger partial charge in [-0.25, -0.2) is 4.79 Å². The highest BCUT2D eigenvalue weighted by Crippen LogP contribution is 2.37. The zero-order valence-electron chi connectivity index (χ0n) is 17.1. The molecule has 0 aliphatic carbocycles. The zero-order chi connectivity index (χ0) is 19.0. The van der Waals surface area contributed by atoms with Crippen LogP contribution in [0.3, 0.4) is 0 Å². The van der Waals surface area contributed by atoms with Crippen LogP contribution in [0.4, 0.5) is 4.79 Å². The smallest absolute Gasteiger partial charge is 0.444 e. The molecule has 0 saturated carbocycles. The molecule has 142 valence electrons. The molecule has 2 fully saturated rings. The van der Waals surface area contributed by atoms with Gasteiger partial charge in [-0.2, -0.15) is 0 Å². The van der Waals surface area contributed by atoms with Crippen molar-refractivity contribution in [3.05, 3.63) is 12.1 Å². The molecule has 0 N–H and O–H groups in total. The Morgan fingerprint density at radius 3 is 2.24 bits per heavy atom. The number of rotatable bonds is 2. The SMILES string of the molecule is CC1CN(C(=O)OC(C)(C)C)CCC1/C=C/B1OC(C)(C)C(C)(C)O1. The Hall–Kier alpha value is -1.01. The van der Waals surface area contributed by atoms with Crippen LogP contribution < -0.4 is 0 Å². The van der Waals surface area contributed by atoms with Crippen molar-refractivity contribution in [3.8, 4) is 0 Å². The van der Waals surface area contributed by atoms with Gasteiger partial charge in [-0.05, 0) is 66.7 Å². The Labute approximate surface area is 153 Å². The predicted octanol–water partition coefficient (Wildman–Crippen LogP) is 4.07. The van der Waals surface area contributed by atoms with Crippen LogP contribution in [-0.2, 0) is 14.0 Å². The molecule has 0 aromatic heterocycles. The van der Waals surface area contributed by atoms with Crippen molar-refractivity contribution < 1.29 is 18.8 Å². The summed E-state index contributed by atoms with van der Waals surface area (Å²) >= 11 is 0. The molecule has 6 heteroatoms. The van der Waals surface area contributed by atoms with Crippen LogP contribution in [-0.4, -0.2) is 48.0 Å². The second-order valence-corrected chi connectivity index (χ2v) is 9.37. The molecule has 2 aliphatic rings. The number of piperidine rings is 1. The molecule has 2 rings (SSSR count). The molecule has 2 heterocycles. The lowest BCUT2D eigenvalue weighted by atomic mass is 9.81. The molecule has 2 unspecified atom stereocenters. The molecule has 2 aliphatic heterocycles. The summed E-state index contributed by atoms with van der Waals surface area (Å²) in [5.74, 6) is 2.82. The lowest BCUT2D eigenvalue weighted by Gasteiger charge is -2.36. The van der Waals surface area contributed by atoms with Gasteiger partial charge < -0.3 is 18.9 Å². The van der Waals surface area contributed by atoms with Crippen LogP contribution >= 0.6 is 0 Å². The minimum Gasteiger partial charge on any atom is -0.444 e. The lowest BCUT2D eigenvalue weighted by molar-refractivity contribution is 0.00578. The van der Waals surface area contributed by atoms with Gasteiger partial charge in [0.05, 0.1) is 11.2 Å². The van der Waals surface area contributed by atoms with Crippen molar-refractivity contribution in [2.24, 2.45) is 11.8 Å². The number of likely N-dealkylation sites (tertiary alicyclic amines) is 1. The summed E-state index contributed by atoms with van der Waals surface area (Å²) in [5, 5.41) is 0. The topological polar surface area (TPSA) is 48.0 Å². The van der Waals surface area contributed by atoms with Gasteiger partial charge in [-0.3, -0.25) is 0 Å². The van der Waals surface area contributed by atoms with Crippen LogP contribution in [0.5, 0.6) is 0 Å². The van der Waals surface area contributed by atoms with E-state index in [1.165, 1.54) is 0 Å². The molecule has 0 bridgehead atoms. The highest BCUT2D eigenvalue weighted by Gasteiger charge is 2.50. The number of carbonyl (C=O) groups is 1. The van der Waals surface area contributed by atoms with Gasteiger partial charge in [0, 0.05) is 13.1 Å². The molecule has 0 radical (unpaired) electrons. The minimum absolute atomic E-state index is 0.215. The molecule has 2 saturated heterocycles. The fourth-order valence-electron chi connectivity index (χ4n) is 3.14. The summed E-state index contributed by atoms with van der Waals surface area (Å²) in [7, 11) is -0.305. The number of hydrogen-bond acceptors (Lipinski definition) is 4. The first-order chi connectivity index (χ1) is 11.3. The van der Waals surface area contributed by atoms with Gasteiger partial charge in [0.2, 0.25) is 0 Å². The van der Waals surface area contributed by atoms with E-state index in [0.29, 0.717) is 18.4 Å². The Kier molecular flexibility index (Phi) is 5.65. The summed E-state index contributed by atoms with van der Waals surface area (Å²) in [4.78, 5) is 14.0. The van der Waals surface area contributed by atoms with Gasteiger partial charge in [0.25, 0.3) is 0 Å². The number of hydrogen-bond donors (Lipinski definition) is 0. The van der Waals surface area contributed by atoms with Crippen molar-refractivity contribution in [1.82, 2.24) is 4.90 Å². The molecule has 1 amide bonds. The zero-order valence-corrected chi connectivity index (χ0v) is 17.1. The number of amides is 1. The van der Waals surface area contributed by atoms with E-state index in [0.717, 1.165) is 13.0 Å². The van der Waals surface area contributed by atoms with Crippen LogP contribution in [0, 0.1) is 11.8 Å². The summed E-state index contributed by atoms with van der Waals surface area (Å²) in [6.07, 6.45) is 2.91. The van der Waals surface area contributed by atoms with E-state index in [1.807, 2.05) is 31.6 Å². The van der Waals surface area contributed by atoms with E-state index in [2.05, 4.69) is 40.7 Å². The van der Waals surface area contributed by atoms with E-state index in [-0.39, 0.29) is 24.4 Å². The van der Waals surface area contributed by atoms with Crippen molar-refractivity contribution in [2.75, 3.05) is 13.1 Å². The molecule has 25 heavy (non-hydrogen) atoms. The maximum atomic E-state index is 12.2. The largest absolute Gasteiger partial charge is 0.486 e. The fraction of sp³-hybridized carbons (Fsp3) is 0.842. The lowest BCUT2D eigenvalue weighted by Crippen LogP contribution is -2.44. The Bertz CT molecular complexity index is 508. The van der Waals surface area contributed by atoms with E-state index in [4.69, 9.17) is 14.0 Å². The third-order valence-electron chi connectivity index (χ3n) is 5.41. The van der Waals surface area contributed by atoms with Gasteiger partial charge in [0.15, 0.2) is 0 Å². The van der Waals surface area contributed by atoms with Crippen molar-refractivity contribution in [1.29, 1.82) is 0 Å². The molecule has 0 aromatic rings. The average molecular weight is 351 g/mol. The van der Waals surface area contributed by atoms with Crippen LogP contribution in [0.25, 0.3) is 0 Å². The summed E-state index contributed by atoms with van der Waals surface area (Å²) < 4.78 is 17.5. The van der Waals surface area contributed by atoms with Gasteiger partial charge in [-0.15, -0.1) is 0 Å².